The van der Waals surface area contributed by atoms with Crippen LogP contribution in [0.2, 0.25) is 0 Å². The molecule has 81 heavy (non-hydrogen) atoms. The van der Waals surface area contributed by atoms with Gasteiger partial charge >= 0.3 is 7.82 Å². The molecule has 0 aliphatic rings. The summed E-state index contributed by atoms with van der Waals surface area (Å²) < 4.78 is 23.8. The van der Waals surface area contributed by atoms with E-state index in [2.05, 4.69) is 31.3 Å². The Hall–Kier alpha value is -1.02. The molecule has 9 heteroatoms. The van der Waals surface area contributed by atoms with Gasteiger partial charge in [-0.05, 0) is 44.9 Å². The van der Waals surface area contributed by atoms with Crippen LogP contribution in [0, 0.1) is 0 Å². The first-order valence-corrected chi connectivity index (χ1v) is 37.7. The van der Waals surface area contributed by atoms with Crippen LogP contribution in [0.15, 0.2) is 24.3 Å². The van der Waals surface area contributed by atoms with Gasteiger partial charge in [-0.1, -0.05) is 353 Å². The van der Waals surface area contributed by atoms with E-state index in [-0.39, 0.29) is 19.1 Å². The van der Waals surface area contributed by atoms with Crippen LogP contribution >= 0.6 is 7.82 Å². The van der Waals surface area contributed by atoms with Crippen LogP contribution in [-0.4, -0.2) is 73.4 Å². The SMILES string of the molecule is CCCCCCCCCCCCCCCC/C=C\CCCCCCCCCCCCCCCCCCCC(=O)NC(COP(=O)(O)OCC[N+](C)(C)C)C(O)/C=C/CCCCCCCCCCCCCCCCCCCCCCCC. The Morgan fingerprint density at radius 1 is 0.407 bits per heavy atom. The number of allylic oxidation sites excluding steroid dienone is 3. The Bertz CT molecular complexity index is 1370. The maximum atomic E-state index is 13.1. The van der Waals surface area contributed by atoms with Crippen molar-refractivity contribution in [2.24, 2.45) is 0 Å². The lowest BCUT2D eigenvalue weighted by Gasteiger charge is -2.25. The molecule has 3 atom stereocenters. The monoisotopic (exact) mass is 1160 g/mol. The quantitative estimate of drug-likeness (QED) is 0.0243. The molecule has 0 heterocycles. The summed E-state index contributed by atoms with van der Waals surface area (Å²) in [4.78, 5) is 23.4. The van der Waals surface area contributed by atoms with Crippen LogP contribution < -0.4 is 5.32 Å². The molecule has 3 N–H and O–H groups in total. The maximum absolute atomic E-state index is 13.1. The Balaban J connectivity index is 3.99. The number of phosphoric acid groups is 1. The molecule has 0 aromatic rings. The number of carbonyl (C=O) groups excluding carboxylic acids is 1. The first-order chi connectivity index (χ1) is 39.5. The first-order valence-electron chi connectivity index (χ1n) is 36.2. The van der Waals surface area contributed by atoms with Crippen LogP contribution in [0.4, 0.5) is 0 Å². The fraction of sp³-hybridized carbons (Fsp3) is 0.931. The van der Waals surface area contributed by atoms with Gasteiger partial charge in [0.15, 0.2) is 0 Å². The second kappa shape index (κ2) is 63.5. The smallest absolute Gasteiger partial charge is 0.387 e. The number of nitrogens with one attached hydrogen (secondary N) is 1. The van der Waals surface area contributed by atoms with Crippen molar-refractivity contribution in [1.82, 2.24) is 5.32 Å². The van der Waals surface area contributed by atoms with Gasteiger partial charge in [0, 0.05) is 6.42 Å². The molecule has 0 spiro atoms. The molecule has 1 amide bonds. The van der Waals surface area contributed by atoms with Crippen LogP contribution in [0.5, 0.6) is 0 Å². The van der Waals surface area contributed by atoms with Crippen molar-refractivity contribution in [1.29, 1.82) is 0 Å². The molecule has 0 aliphatic heterocycles. The van der Waals surface area contributed by atoms with Crippen molar-refractivity contribution < 1.29 is 32.9 Å². The number of carbonyl (C=O) groups is 1. The third kappa shape index (κ3) is 66.4. The van der Waals surface area contributed by atoms with Crippen molar-refractivity contribution in [3.8, 4) is 0 Å². The number of hydrogen-bond donors (Lipinski definition) is 3. The molecule has 8 nitrogen and oxygen atoms in total. The Morgan fingerprint density at radius 2 is 0.667 bits per heavy atom. The molecule has 0 fully saturated rings. The highest BCUT2D eigenvalue weighted by Gasteiger charge is 2.28. The third-order valence-corrected chi connectivity index (χ3v) is 17.9. The summed E-state index contributed by atoms with van der Waals surface area (Å²) in [6, 6.07) is -0.846. The number of amides is 1. The number of rotatable bonds is 68. The van der Waals surface area contributed by atoms with Crippen LogP contribution in [-0.2, 0) is 18.4 Å². The standard InChI is InChI=1S/C72H143N2O6P/c1-6-8-10-12-14-16-18-20-22-24-26-28-30-32-33-34-35-36-37-38-39-40-41-42-44-46-48-50-52-54-56-58-60-62-64-66-72(76)73-70(69-80-81(77,78)79-68-67-74(3,4)5)71(75)65-63-61-59-57-55-53-51-49-47-45-43-31-29-27-25-23-21-19-17-15-13-11-9-7-2/h34-35,63,65,70-71,75H,6-33,36-62,64,66-69H2,1-5H3,(H-,73,76,77,78)/p+1/b35-34-,65-63+. The van der Waals surface area contributed by atoms with Crippen LogP contribution in [0.25, 0.3) is 0 Å². The lowest BCUT2D eigenvalue weighted by molar-refractivity contribution is -0.870. The summed E-state index contributed by atoms with van der Waals surface area (Å²) in [5.74, 6) is -0.168. The highest BCUT2D eigenvalue weighted by atomic mass is 31.2. The highest BCUT2D eigenvalue weighted by molar-refractivity contribution is 7.47. The number of aliphatic hydroxyl groups is 1. The molecule has 3 unspecified atom stereocenters. The molecule has 0 radical (unpaired) electrons. The van der Waals surface area contributed by atoms with Crippen LogP contribution in [0.3, 0.4) is 0 Å². The topological polar surface area (TPSA) is 105 Å². The molecule has 0 bridgehead atoms. The third-order valence-electron chi connectivity index (χ3n) is 16.9. The number of likely N-dealkylation sites (N-methyl/N-ethyl adjacent to an activating group) is 1. The average Bonchev–Trinajstić information content (AvgIpc) is 3.43. The summed E-state index contributed by atoms with van der Waals surface area (Å²) in [5.41, 5.74) is 0. The predicted molar refractivity (Wildman–Crippen MR) is 355 cm³/mol. The number of unbranched alkanes of at least 4 members (excludes halogenated alkanes) is 53. The molecule has 482 valence electrons. The molecule has 0 aliphatic carbocycles. The zero-order chi connectivity index (χ0) is 59.1. The van der Waals surface area contributed by atoms with Gasteiger partial charge < -0.3 is 19.8 Å². The van der Waals surface area contributed by atoms with E-state index in [0.717, 1.165) is 32.1 Å². The summed E-state index contributed by atoms with van der Waals surface area (Å²) in [7, 11) is 1.59. The van der Waals surface area contributed by atoms with E-state index in [0.29, 0.717) is 17.4 Å². The molecular formula is C72H144N2O6P+. The van der Waals surface area contributed by atoms with E-state index in [1.54, 1.807) is 6.08 Å². The van der Waals surface area contributed by atoms with E-state index in [9.17, 15) is 19.4 Å². The van der Waals surface area contributed by atoms with Crippen molar-refractivity contribution in [2.45, 2.75) is 392 Å². The first kappa shape index (κ1) is 80.0. The maximum Gasteiger partial charge on any atom is 0.472 e. The molecule has 0 saturated carbocycles. The van der Waals surface area contributed by atoms with Crippen molar-refractivity contribution in [2.75, 3.05) is 40.9 Å². The molecule has 0 aromatic heterocycles. The van der Waals surface area contributed by atoms with Crippen molar-refractivity contribution in [3.05, 3.63) is 24.3 Å². The summed E-state index contributed by atoms with van der Waals surface area (Å²) in [6.45, 7) is 4.88. The molecule has 0 rings (SSSR count). The fourth-order valence-corrected chi connectivity index (χ4v) is 12.0. The second-order valence-corrected chi connectivity index (χ2v) is 27.8. The van der Waals surface area contributed by atoms with Gasteiger partial charge in [-0.2, -0.15) is 0 Å². The van der Waals surface area contributed by atoms with E-state index in [1.807, 2.05) is 27.2 Å². The van der Waals surface area contributed by atoms with Gasteiger partial charge in [0.2, 0.25) is 5.91 Å². The minimum Gasteiger partial charge on any atom is -0.387 e. The zero-order valence-corrected chi connectivity index (χ0v) is 56.2. The fourth-order valence-electron chi connectivity index (χ4n) is 11.3. The van der Waals surface area contributed by atoms with Crippen molar-refractivity contribution >= 4 is 13.7 Å². The number of quaternary nitrogens is 1. The Labute approximate surface area is 506 Å². The summed E-state index contributed by atoms with van der Waals surface area (Å²) in [5, 5.41) is 14.0. The Morgan fingerprint density at radius 3 is 0.951 bits per heavy atom. The highest BCUT2D eigenvalue weighted by Crippen LogP contribution is 2.43. The normalized spacial score (nSPS) is 13.7. The van der Waals surface area contributed by atoms with Gasteiger partial charge in [0.05, 0.1) is 39.9 Å². The van der Waals surface area contributed by atoms with E-state index < -0.39 is 20.0 Å². The summed E-state index contributed by atoms with van der Waals surface area (Å²) in [6.07, 6.45) is 83.4. The lowest BCUT2D eigenvalue weighted by atomic mass is 10.0. The predicted octanol–water partition coefficient (Wildman–Crippen LogP) is 23.1. The zero-order valence-electron chi connectivity index (χ0n) is 55.3. The molecular weight excluding hydrogens is 1020 g/mol. The molecule has 0 aromatic carbocycles. The second-order valence-electron chi connectivity index (χ2n) is 26.3. The lowest BCUT2D eigenvalue weighted by Crippen LogP contribution is -2.45. The largest absolute Gasteiger partial charge is 0.472 e. The van der Waals surface area contributed by atoms with E-state index in [4.69, 9.17) is 9.05 Å². The van der Waals surface area contributed by atoms with Gasteiger partial charge in [-0.25, -0.2) is 4.57 Å². The van der Waals surface area contributed by atoms with E-state index in [1.165, 1.54) is 327 Å². The van der Waals surface area contributed by atoms with Crippen molar-refractivity contribution in [3.63, 3.8) is 0 Å². The number of aliphatic hydroxyl groups excluding tert-OH is 1. The Kier molecular flexibility index (Phi) is 62.7. The number of hydrogen-bond acceptors (Lipinski definition) is 5. The number of phosphoric ester groups is 1. The minimum atomic E-state index is -4.35. The molecule has 0 saturated heterocycles. The van der Waals surface area contributed by atoms with Gasteiger partial charge in [0.25, 0.3) is 0 Å². The van der Waals surface area contributed by atoms with E-state index >= 15 is 0 Å². The van der Waals surface area contributed by atoms with Gasteiger partial charge in [-0.15, -0.1) is 0 Å². The number of nitrogens with zero attached hydrogens (tertiary/aromatic N) is 1. The van der Waals surface area contributed by atoms with Gasteiger partial charge in [-0.3, -0.25) is 13.8 Å². The summed E-state index contributed by atoms with van der Waals surface area (Å²) >= 11 is 0. The average molecular weight is 1160 g/mol. The minimum absolute atomic E-state index is 0.0643. The van der Waals surface area contributed by atoms with Crippen LogP contribution in [0.1, 0.15) is 380 Å². The van der Waals surface area contributed by atoms with Gasteiger partial charge in [0.1, 0.15) is 13.2 Å².